The highest BCUT2D eigenvalue weighted by Gasteiger charge is 2.51. The molecule has 0 radical (unpaired) electrons. The number of carbonyl (C=O) groups is 2. The first-order valence-corrected chi connectivity index (χ1v) is 12.4. The normalized spacial score (nSPS) is 30.6. The molecular formula is C25H34N4O4. The van der Waals surface area contributed by atoms with Gasteiger partial charge in [0.1, 0.15) is 5.69 Å². The number of rotatable bonds is 5. The molecule has 1 heterocycles. The number of carbonyl (C=O) groups excluding carboxylic acids is 2. The van der Waals surface area contributed by atoms with E-state index in [9.17, 15) is 19.7 Å². The average Bonchev–Trinajstić information content (AvgIpc) is 2.77. The van der Waals surface area contributed by atoms with E-state index in [0.29, 0.717) is 37.4 Å². The van der Waals surface area contributed by atoms with Crippen molar-refractivity contribution in [1.82, 2.24) is 10.2 Å². The minimum Gasteiger partial charge on any atom is -0.362 e. The maximum absolute atomic E-state index is 13.2. The maximum atomic E-state index is 13.2. The van der Waals surface area contributed by atoms with Crippen LogP contribution in [0.3, 0.4) is 0 Å². The molecule has 6 rings (SSSR count). The van der Waals surface area contributed by atoms with Gasteiger partial charge in [-0.2, -0.15) is 0 Å². The molecule has 8 nitrogen and oxygen atoms in total. The molecule has 0 aromatic heterocycles. The van der Waals surface area contributed by atoms with Crippen LogP contribution in [0.15, 0.2) is 18.2 Å². The van der Waals surface area contributed by atoms with Crippen LogP contribution in [0.2, 0.25) is 0 Å². The summed E-state index contributed by atoms with van der Waals surface area (Å²) >= 11 is 0. The monoisotopic (exact) mass is 454 g/mol. The van der Waals surface area contributed by atoms with Gasteiger partial charge in [0.15, 0.2) is 0 Å². The van der Waals surface area contributed by atoms with Gasteiger partial charge in [0.25, 0.3) is 11.6 Å². The molecule has 0 spiro atoms. The lowest BCUT2D eigenvalue weighted by Gasteiger charge is -2.56. The Morgan fingerprint density at radius 1 is 1.03 bits per heavy atom. The number of piperazine rings is 1. The smallest absolute Gasteiger partial charge is 0.293 e. The summed E-state index contributed by atoms with van der Waals surface area (Å²) in [6, 6.07) is 4.84. The molecule has 0 unspecified atom stereocenters. The van der Waals surface area contributed by atoms with Crippen molar-refractivity contribution >= 4 is 23.2 Å². The van der Waals surface area contributed by atoms with Crippen LogP contribution >= 0.6 is 0 Å². The van der Waals surface area contributed by atoms with Crippen molar-refractivity contribution in [2.45, 2.75) is 57.9 Å². The van der Waals surface area contributed by atoms with E-state index in [1.165, 1.54) is 25.3 Å². The van der Waals surface area contributed by atoms with Crippen LogP contribution in [0, 0.1) is 33.8 Å². The number of nitrogens with one attached hydrogen (secondary N) is 1. The fourth-order valence-electron chi connectivity index (χ4n) is 7.19. The van der Waals surface area contributed by atoms with Crippen molar-refractivity contribution in [3.63, 3.8) is 0 Å². The molecule has 8 heteroatoms. The van der Waals surface area contributed by atoms with Gasteiger partial charge in [-0.3, -0.25) is 19.7 Å². The number of nitro benzene ring substituents is 1. The molecule has 2 amide bonds. The van der Waals surface area contributed by atoms with E-state index < -0.39 is 4.92 Å². The molecule has 1 saturated heterocycles. The van der Waals surface area contributed by atoms with Crippen molar-refractivity contribution in [1.29, 1.82) is 0 Å². The summed E-state index contributed by atoms with van der Waals surface area (Å²) in [6.45, 7) is 5.93. The summed E-state index contributed by atoms with van der Waals surface area (Å²) < 4.78 is 0. The summed E-state index contributed by atoms with van der Waals surface area (Å²) in [7, 11) is 0. The summed E-state index contributed by atoms with van der Waals surface area (Å²) in [5.41, 5.74) is 0.702. The predicted octanol–water partition coefficient (Wildman–Crippen LogP) is 3.60. The lowest BCUT2D eigenvalue weighted by Crippen LogP contribution is -2.59. The van der Waals surface area contributed by atoms with Crippen LogP contribution < -0.4 is 10.2 Å². The van der Waals surface area contributed by atoms with Crippen molar-refractivity contribution in [3.8, 4) is 0 Å². The third kappa shape index (κ3) is 4.20. The van der Waals surface area contributed by atoms with Crippen molar-refractivity contribution in [3.05, 3.63) is 33.9 Å². The number of benzene rings is 1. The summed E-state index contributed by atoms with van der Waals surface area (Å²) in [4.78, 5) is 40.7. The molecule has 4 aliphatic carbocycles. The minimum atomic E-state index is -0.400. The number of nitro groups is 1. The first kappa shape index (κ1) is 22.2. The first-order chi connectivity index (χ1) is 15.7. The lowest BCUT2D eigenvalue weighted by atomic mass is 9.53. The highest BCUT2D eigenvalue weighted by Crippen LogP contribution is 2.55. The van der Waals surface area contributed by atoms with Crippen molar-refractivity contribution in [2.75, 3.05) is 31.1 Å². The Balaban J connectivity index is 1.30. The Hall–Kier alpha value is -2.64. The Morgan fingerprint density at radius 3 is 2.12 bits per heavy atom. The van der Waals surface area contributed by atoms with Crippen LogP contribution in [-0.2, 0) is 4.79 Å². The van der Waals surface area contributed by atoms with Crippen molar-refractivity contribution < 1.29 is 14.5 Å². The highest BCUT2D eigenvalue weighted by molar-refractivity contribution is 5.96. The van der Waals surface area contributed by atoms with Crippen molar-refractivity contribution in [2.24, 2.45) is 23.7 Å². The standard InChI is InChI=1S/C25H34N4O4/c1-16(2)24(31)28-7-5-27(6-8-28)21-4-3-20(12-22(21)29(32)33)23(30)26-25-13-17-9-18(14-25)11-19(10-17)15-25/h3-4,12,16-19H,5-11,13-15H2,1-2H3,(H,26,30). The molecule has 4 saturated carbocycles. The van der Waals surface area contributed by atoms with Gasteiger partial charge in [0.05, 0.1) is 4.92 Å². The van der Waals surface area contributed by atoms with Crippen LogP contribution in [0.4, 0.5) is 11.4 Å². The van der Waals surface area contributed by atoms with Gasteiger partial charge in [-0.1, -0.05) is 13.8 Å². The average molecular weight is 455 g/mol. The third-order valence-corrected chi connectivity index (χ3v) is 8.28. The lowest BCUT2D eigenvalue weighted by molar-refractivity contribution is -0.384. The van der Waals surface area contributed by atoms with E-state index in [4.69, 9.17) is 0 Å². The fourth-order valence-corrected chi connectivity index (χ4v) is 7.19. The van der Waals surface area contributed by atoms with E-state index in [2.05, 4.69) is 5.32 Å². The molecule has 178 valence electrons. The largest absolute Gasteiger partial charge is 0.362 e. The Labute approximate surface area is 194 Å². The number of hydrogen-bond acceptors (Lipinski definition) is 5. The number of nitrogens with zero attached hydrogens (tertiary/aromatic N) is 3. The summed E-state index contributed by atoms with van der Waals surface area (Å²) in [6.07, 6.45) is 7.03. The summed E-state index contributed by atoms with van der Waals surface area (Å²) in [5, 5.41) is 15.2. The predicted molar refractivity (Wildman–Crippen MR) is 125 cm³/mol. The fraction of sp³-hybridized carbons (Fsp3) is 0.680. The zero-order chi connectivity index (χ0) is 23.3. The maximum Gasteiger partial charge on any atom is 0.293 e. The number of hydrogen-bond donors (Lipinski definition) is 1. The second kappa shape index (κ2) is 8.29. The molecule has 1 aliphatic heterocycles. The van der Waals surface area contributed by atoms with E-state index in [0.717, 1.165) is 37.0 Å². The van der Waals surface area contributed by atoms with Gasteiger partial charge in [0.2, 0.25) is 5.91 Å². The van der Waals surface area contributed by atoms with E-state index in [1.54, 1.807) is 12.1 Å². The number of amides is 2. The highest BCUT2D eigenvalue weighted by atomic mass is 16.6. The third-order valence-electron chi connectivity index (χ3n) is 8.28. The van der Waals surface area contributed by atoms with Gasteiger partial charge in [-0.15, -0.1) is 0 Å². The van der Waals surface area contributed by atoms with Gasteiger partial charge in [-0.25, -0.2) is 0 Å². The molecule has 4 bridgehead atoms. The zero-order valence-electron chi connectivity index (χ0n) is 19.6. The van der Waals surface area contributed by atoms with Crippen LogP contribution in [0.1, 0.15) is 62.7 Å². The van der Waals surface area contributed by atoms with Gasteiger partial charge >= 0.3 is 0 Å². The second-order valence-corrected chi connectivity index (χ2v) is 11.1. The van der Waals surface area contributed by atoms with Crippen LogP contribution in [-0.4, -0.2) is 53.4 Å². The zero-order valence-corrected chi connectivity index (χ0v) is 19.6. The SMILES string of the molecule is CC(C)C(=O)N1CCN(c2ccc(C(=O)NC34CC5CC(CC(C5)C3)C4)cc2[N+](=O)[O-])CC1. The molecule has 1 aromatic rings. The molecule has 5 fully saturated rings. The Morgan fingerprint density at radius 2 is 1.61 bits per heavy atom. The van der Waals surface area contributed by atoms with E-state index in [-0.39, 0.29) is 29.0 Å². The van der Waals surface area contributed by atoms with E-state index >= 15 is 0 Å². The van der Waals surface area contributed by atoms with Gasteiger partial charge in [-0.05, 0) is 68.4 Å². The topological polar surface area (TPSA) is 95.8 Å². The van der Waals surface area contributed by atoms with Gasteiger partial charge < -0.3 is 15.1 Å². The summed E-state index contributed by atoms with van der Waals surface area (Å²) in [5.74, 6) is 2.01. The Bertz CT molecular complexity index is 932. The molecule has 1 aromatic carbocycles. The molecule has 0 atom stereocenters. The number of anilines is 1. The molecule has 5 aliphatic rings. The first-order valence-electron chi connectivity index (χ1n) is 12.4. The quantitative estimate of drug-likeness (QED) is 0.542. The van der Waals surface area contributed by atoms with Crippen LogP contribution in [0.5, 0.6) is 0 Å². The van der Waals surface area contributed by atoms with Gasteiger partial charge in [0, 0.05) is 49.3 Å². The van der Waals surface area contributed by atoms with E-state index in [1.807, 2.05) is 23.6 Å². The molecular weight excluding hydrogens is 420 g/mol. The second-order valence-electron chi connectivity index (χ2n) is 11.1. The van der Waals surface area contributed by atoms with Crippen LogP contribution in [0.25, 0.3) is 0 Å². The molecule has 1 N–H and O–H groups in total. The molecule has 33 heavy (non-hydrogen) atoms. The minimum absolute atomic E-state index is 0.0446. The Kier molecular flexibility index (Phi) is 5.57.